The molecule has 2 heterocycles. The van der Waals surface area contributed by atoms with Crippen molar-refractivity contribution in [3.8, 4) is 5.69 Å². The summed E-state index contributed by atoms with van der Waals surface area (Å²) in [6.45, 7) is 0.961. The van der Waals surface area contributed by atoms with Gasteiger partial charge in [-0.1, -0.05) is 30.3 Å². The van der Waals surface area contributed by atoms with Gasteiger partial charge >= 0.3 is 5.69 Å². The summed E-state index contributed by atoms with van der Waals surface area (Å²) < 4.78 is 17.0. The molecule has 7 heteroatoms. The summed E-state index contributed by atoms with van der Waals surface area (Å²) in [5.74, 6) is -0.315. The second kappa shape index (κ2) is 7.42. The highest BCUT2D eigenvalue weighted by molar-refractivity contribution is 5.94. The van der Waals surface area contributed by atoms with Crippen molar-refractivity contribution in [3.63, 3.8) is 0 Å². The Bertz CT molecular complexity index is 1060. The lowest BCUT2D eigenvalue weighted by molar-refractivity contribution is 0.0699. The molecule has 1 aliphatic heterocycles. The minimum absolute atomic E-state index is 0.0737. The van der Waals surface area contributed by atoms with Gasteiger partial charge in [0.1, 0.15) is 11.6 Å². The number of hydrogen-bond donors (Lipinski definition) is 0. The van der Waals surface area contributed by atoms with Gasteiger partial charge in [-0.15, -0.1) is 0 Å². The maximum Gasteiger partial charge on any atom is 0.350 e. The van der Waals surface area contributed by atoms with Gasteiger partial charge in [-0.3, -0.25) is 4.79 Å². The zero-order valence-electron chi connectivity index (χ0n) is 15.6. The van der Waals surface area contributed by atoms with E-state index in [0.717, 1.165) is 18.5 Å². The molecule has 2 aromatic carbocycles. The molecule has 28 heavy (non-hydrogen) atoms. The van der Waals surface area contributed by atoms with Crippen molar-refractivity contribution in [1.29, 1.82) is 0 Å². The molecule has 144 valence electrons. The van der Waals surface area contributed by atoms with Crippen LogP contribution in [-0.2, 0) is 7.05 Å². The molecule has 1 aliphatic rings. The molecule has 0 N–H and O–H groups in total. The summed E-state index contributed by atoms with van der Waals surface area (Å²) in [5.41, 5.74) is 0.594. The molecule has 0 aliphatic carbocycles. The molecule has 6 nitrogen and oxygen atoms in total. The number of amides is 1. The van der Waals surface area contributed by atoms with Crippen LogP contribution in [0.5, 0.6) is 0 Å². The van der Waals surface area contributed by atoms with Crippen molar-refractivity contribution in [2.24, 2.45) is 7.05 Å². The first-order chi connectivity index (χ1) is 13.6. The molecule has 1 atom stereocenters. The predicted octanol–water partition coefficient (Wildman–Crippen LogP) is 2.73. The van der Waals surface area contributed by atoms with E-state index in [1.165, 1.54) is 16.8 Å². The summed E-state index contributed by atoms with van der Waals surface area (Å²) in [7, 11) is 1.62. The zero-order valence-corrected chi connectivity index (χ0v) is 15.6. The first-order valence-electron chi connectivity index (χ1n) is 9.31. The maximum atomic E-state index is 14.0. The maximum absolute atomic E-state index is 14.0. The molecule has 1 fully saturated rings. The van der Waals surface area contributed by atoms with E-state index in [0.29, 0.717) is 18.9 Å². The fourth-order valence-electron chi connectivity index (χ4n) is 3.75. The highest BCUT2D eigenvalue weighted by Crippen LogP contribution is 2.27. The van der Waals surface area contributed by atoms with Gasteiger partial charge in [-0.25, -0.2) is 18.4 Å². The number of halogens is 1. The monoisotopic (exact) mass is 380 g/mol. The smallest absolute Gasteiger partial charge is 0.338 e. The summed E-state index contributed by atoms with van der Waals surface area (Å²) in [4.78, 5) is 27.1. The largest absolute Gasteiger partial charge is 0.350 e. The van der Waals surface area contributed by atoms with E-state index in [1.807, 2.05) is 30.3 Å². The Kier molecular flexibility index (Phi) is 4.81. The average molecular weight is 380 g/mol. The van der Waals surface area contributed by atoms with Gasteiger partial charge in [0.15, 0.2) is 0 Å². The first-order valence-corrected chi connectivity index (χ1v) is 9.31. The number of benzene rings is 2. The standard InChI is InChI=1S/C21H21FN4O2/c1-24-21(28)26(16-9-3-2-4-10-16)19(23-24)15-8-7-13-25(14-15)20(27)17-11-5-6-12-18(17)22/h2-6,9-12,15H,7-8,13-14H2,1H3. The predicted molar refractivity (Wildman–Crippen MR) is 103 cm³/mol. The Labute approximate surface area is 161 Å². The summed E-state index contributed by atoms with van der Waals surface area (Å²) in [5, 5.41) is 4.45. The minimum Gasteiger partial charge on any atom is -0.338 e. The molecule has 1 unspecified atom stereocenters. The number of nitrogens with zero attached hydrogens (tertiary/aromatic N) is 4. The van der Waals surface area contributed by atoms with Crippen LogP contribution in [0.1, 0.15) is 34.9 Å². The molecule has 1 saturated heterocycles. The van der Waals surface area contributed by atoms with Gasteiger partial charge < -0.3 is 4.90 Å². The van der Waals surface area contributed by atoms with Crippen LogP contribution in [0.2, 0.25) is 0 Å². The van der Waals surface area contributed by atoms with Crippen LogP contribution in [0.15, 0.2) is 59.4 Å². The van der Waals surface area contributed by atoms with E-state index in [4.69, 9.17) is 0 Å². The topological polar surface area (TPSA) is 60.1 Å². The first kappa shape index (κ1) is 18.2. The number of aryl methyl sites for hydroxylation is 1. The van der Waals surface area contributed by atoms with E-state index >= 15 is 0 Å². The molecular formula is C21H21FN4O2. The molecule has 0 saturated carbocycles. The lowest BCUT2D eigenvalue weighted by atomic mass is 9.96. The van der Waals surface area contributed by atoms with Crippen molar-refractivity contribution >= 4 is 5.91 Å². The SMILES string of the molecule is Cn1nc(C2CCCN(C(=O)c3ccccc3F)C2)n(-c2ccccc2)c1=O. The van der Waals surface area contributed by atoms with E-state index in [2.05, 4.69) is 5.10 Å². The van der Waals surface area contributed by atoms with E-state index in [9.17, 15) is 14.0 Å². The van der Waals surface area contributed by atoms with Gasteiger partial charge in [0.25, 0.3) is 5.91 Å². The van der Waals surface area contributed by atoms with Gasteiger partial charge in [0, 0.05) is 26.1 Å². The molecule has 1 amide bonds. The molecular weight excluding hydrogens is 359 g/mol. The number of carbonyl (C=O) groups is 1. The van der Waals surface area contributed by atoms with Gasteiger partial charge in [-0.2, -0.15) is 5.10 Å². The fourth-order valence-corrected chi connectivity index (χ4v) is 3.75. The van der Waals surface area contributed by atoms with Crippen molar-refractivity contribution in [2.75, 3.05) is 13.1 Å². The zero-order chi connectivity index (χ0) is 19.7. The minimum atomic E-state index is -0.520. The van der Waals surface area contributed by atoms with Crippen molar-refractivity contribution in [2.45, 2.75) is 18.8 Å². The number of rotatable bonds is 3. The molecule has 4 rings (SSSR count). The molecule has 3 aromatic rings. The van der Waals surface area contributed by atoms with E-state index in [-0.39, 0.29) is 23.1 Å². The number of piperidine rings is 1. The van der Waals surface area contributed by atoms with Crippen molar-refractivity contribution in [1.82, 2.24) is 19.2 Å². The molecule has 0 bridgehead atoms. The molecule has 0 radical (unpaired) electrons. The van der Waals surface area contributed by atoms with Crippen LogP contribution >= 0.6 is 0 Å². The van der Waals surface area contributed by atoms with Crippen LogP contribution in [0.25, 0.3) is 5.69 Å². The quantitative estimate of drug-likeness (QED) is 0.702. The van der Waals surface area contributed by atoms with Crippen molar-refractivity contribution < 1.29 is 9.18 Å². The second-order valence-electron chi connectivity index (χ2n) is 7.01. The fraction of sp³-hybridized carbons (Fsp3) is 0.286. The van der Waals surface area contributed by atoms with Crippen molar-refractivity contribution in [3.05, 3.63) is 82.3 Å². The van der Waals surface area contributed by atoms with Crippen LogP contribution in [-0.4, -0.2) is 38.2 Å². The molecule has 0 spiro atoms. The Hall–Kier alpha value is -3.22. The number of carbonyl (C=O) groups excluding carboxylic acids is 1. The highest BCUT2D eigenvalue weighted by atomic mass is 19.1. The lowest BCUT2D eigenvalue weighted by Crippen LogP contribution is -2.40. The van der Waals surface area contributed by atoms with Gasteiger partial charge in [0.2, 0.25) is 0 Å². The number of aromatic nitrogens is 3. The Morgan fingerprint density at radius 3 is 2.57 bits per heavy atom. The van der Waals surface area contributed by atoms with Gasteiger partial charge in [-0.05, 0) is 37.1 Å². The van der Waals surface area contributed by atoms with E-state index < -0.39 is 5.82 Å². The molecule has 1 aromatic heterocycles. The third-order valence-electron chi connectivity index (χ3n) is 5.14. The van der Waals surface area contributed by atoms with E-state index in [1.54, 1.807) is 28.6 Å². The Morgan fingerprint density at radius 1 is 1.11 bits per heavy atom. The van der Waals surface area contributed by atoms with Crippen LogP contribution in [0, 0.1) is 5.82 Å². The third kappa shape index (κ3) is 3.24. The second-order valence-corrected chi connectivity index (χ2v) is 7.01. The van der Waals surface area contributed by atoms with Crippen LogP contribution < -0.4 is 5.69 Å². The highest BCUT2D eigenvalue weighted by Gasteiger charge is 2.30. The number of para-hydroxylation sites is 1. The normalized spacial score (nSPS) is 16.9. The van der Waals surface area contributed by atoms with Crippen LogP contribution in [0.3, 0.4) is 0 Å². The van der Waals surface area contributed by atoms with Gasteiger partial charge in [0.05, 0.1) is 11.3 Å². The summed E-state index contributed by atoms with van der Waals surface area (Å²) in [6, 6.07) is 15.4. The summed E-state index contributed by atoms with van der Waals surface area (Å²) >= 11 is 0. The number of hydrogen-bond acceptors (Lipinski definition) is 3. The average Bonchev–Trinajstić information content (AvgIpc) is 3.03. The number of likely N-dealkylation sites (tertiary alicyclic amines) is 1. The summed E-state index contributed by atoms with van der Waals surface area (Å²) in [6.07, 6.45) is 1.58. The third-order valence-corrected chi connectivity index (χ3v) is 5.14. The Balaban J connectivity index is 1.66. The Morgan fingerprint density at radius 2 is 1.82 bits per heavy atom. The van der Waals surface area contributed by atoms with Crippen LogP contribution in [0.4, 0.5) is 4.39 Å². The lowest BCUT2D eigenvalue weighted by Gasteiger charge is -2.32.